The lowest BCUT2D eigenvalue weighted by molar-refractivity contribution is 0.504. The van der Waals surface area contributed by atoms with Gasteiger partial charge in [0, 0.05) is 23.7 Å². The molecule has 2 aromatic heterocycles. The standard InChI is InChI=1S/C13H12BrN3O/c14-9-6-16-17(7-9)8-13-11(5-15)10-3-1-2-4-12(10)18-13/h1-4,6-7H,5,8,15H2. The molecule has 0 atom stereocenters. The average Bonchev–Trinajstić information content (AvgIpc) is 2.92. The van der Waals surface area contributed by atoms with Gasteiger partial charge in [0.15, 0.2) is 0 Å². The van der Waals surface area contributed by atoms with Gasteiger partial charge in [-0.25, -0.2) is 0 Å². The Hall–Kier alpha value is -1.59. The molecule has 92 valence electrons. The lowest BCUT2D eigenvalue weighted by atomic mass is 10.1. The van der Waals surface area contributed by atoms with Crippen molar-refractivity contribution in [2.45, 2.75) is 13.1 Å². The van der Waals surface area contributed by atoms with Crippen molar-refractivity contribution >= 4 is 26.9 Å². The second-order valence-electron chi connectivity index (χ2n) is 4.06. The molecule has 0 saturated carbocycles. The zero-order valence-corrected chi connectivity index (χ0v) is 11.2. The molecule has 0 aliphatic carbocycles. The van der Waals surface area contributed by atoms with Crippen LogP contribution in [0.5, 0.6) is 0 Å². The summed E-state index contributed by atoms with van der Waals surface area (Å²) in [7, 11) is 0. The first kappa shape index (κ1) is 11.5. The van der Waals surface area contributed by atoms with Gasteiger partial charge in [-0.2, -0.15) is 5.10 Å². The van der Waals surface area contributed by atoms with Gasteiger partial charge in [-0.15, -0.1) is 0 Å². The number of hydrogen-bond acceptors (Lipinski definition) is 3. The van der Waals surface area contributed by atoms with Crippen LogP contribution in [0, 0.1) is 0 Å². The van der Waals surface area contributed by atoms with Gasteiger partial charge in [-0.1, -0.05) is 18.2 Å². The van der Waals surface area contributed by atoms with Crippen LogP contribution in [0.1, 0.15) is 11.3 Å². The maximum atomic E-state index is 5.85. The third-order valence-corrected chi connectivity index (χ3v) is 3.30. The molecule has 3 aromatic rings. The van der Waals surface area contributed by atoms with Crippen LogP contribution in [0.25, 0.3) is 11.0 Å². The van der Waals surface area contributed by atoms with Crippen LogP contribution >= 0.6 is 15.9 Å². The van der Waals surface area contributed by atoms with Crippen LogP contribution in [-0.4, -0.2) is 9.78 Å². The number of benzene rings is 1. The lowest BCUT2D eigenvalue weighted by Crippen LogP contribution is -2.04. The average molecular weight is 306 g/mol. The molecule has 5 heteroatoms. The molecule has 0 fully saturated rings. The van der Waals surface area contributed by atoms with Gasteiger partial charge >= 0.3 is 0 Å². The normalized spacial score (nSPS) is 11.2. The van der Waals surface area contributed by atoms with Gasteiger partial charge in [0.25, 0.3) is 0 Å². The molecule has 0 radical (unpaired) electrons. The topological polar surface area (TPSA) is 57.0 Å². The highest BCUT2D eigenvalue weighted by atomic mass is 79.9. The number of fused-ring (bicyclic) bond motifs is 1. The summed E-state index contributed by atoms with van der Waals surface area (Å²) >= 11 is 3.38. The molecule has 0 unspecified atom stereocenters. The van der Waals surface area contributed by atoms with E-state index in [1.54, 1.807) is 6.20 Å². The summed E-state index contributed by atoms with van der Waals surface area (Å²) in [5.74, 6) is 0.870. The molecule has 18 heavy (non-hydrogen) atoms. The van der Waals surface area contributed by atoms with Crippen molar-refractivity contribution < 1.29 is 4.42 Å². The van der Waals surface area contributed by atoms with Crippen LogP contribution in [0.4, 0.5) is 0 Å². The van der Waals surface area contributed by atoms with E-state index in [0.717, 1.165) is 26.8 Å². The van der Waals surface area contributed by atoms with Crippen LogP contribution in [-0.2, 0) is 13.1 Å². The molecule has 0 spiro atoms. The summed E-state index contributed by atoms with van der Waals surface area (Å²) < 4.78 is 8.62. The first-order chi connectivity index (χ1) is 8.78. The number of para-hydroxylation sites is 1. The largest absolute Gasteiger partial charge is 0.459 e. The van der Waals surface area contributed by atoms with E-state index < -0.39 is 0 Å². The number of aromatic nitrogens is 2. The van der Waals surface area contributed by atoms with E-state index in [0.29, 0.717) is 13.1 Å². The second kappa shape index (κ2) is 4.59. The highest BCUT2D eigenvalue weighted by molar-refractivity contribution is 9.10. The summed E-state index contributed by atoms with van der Waals surface area (Å²) in [6, 6.07) is 7.94. The molecule has 2 heterocycles. The second-order valence-corrected chi connectivity index (χ2v) is 4.98. The van der Waals surface area contributed by atoms with E-state index in [1.165, 1.54) is 0 Å². The molecule has 0 aliphatic heterocycles. The van der Waals surface area contributed by atoms with Crippen molar-refractivity contribution in [3.8, 4) is 0 Å². The van der Waals surface area contributed by atoms with Crippen LogP contribution < -0.4 is 5.73 Å². The van der Waals surface area contributed by atoms with Crippen molar-refractivity contribution in [2.24, 2.45) is 5.73 Å². The van der Waals surface area contributed by atoms with E-state index in [9.17, 15) is 0 Å². The maximum Gasteiger partial charge on any atom is 0.134 e. The third-order valence-electron chi connectivity index (χ3n) is 2.89. The molecule has 1 aromatic carbocycles. The number of furan rings is 1. The Morgan fingerprint density at radius 2 is 2.17 bits per heavy atom. The van der Waals surface area contributed by atoms with Crippen LogP contribution in [0.15, 0.2) is 45.5 Å². The Labute approximate surface area is 113 Å². The van der Waals surface area contributed by atoms with E-state index in [-0.39, 0.29) is 0 Å². The van der Waals surface area contributed by atoms with Crippen molar-refractivity contribution in [1.82, 2.24) is 9.78 Å². The van der Waals surface area contributed by atoms with Crippen molar-refractivity contribution in [1.29, 1.82) is 0 Å². The Kier molecular flexibility index (Phi) is 2.93. The smallest absolute Gasteiger partial charge is 0.134 e. The van der Waals surface area contributed by atoms with Crippen LogP contribution in [0.2, 0.25) is 0 Å². The summed E-state index contributed by atoms with van der Waals surface area (Å²) in [5.41, 5.74) is 7.75. The van der Waals surface area contributed by atoms with Gasteiger partial charge in [0.1, 0.15) is 11.3 Å². The number of nitrogens with two attached hydrogens (primary N) is 1. The SMILES string of the molecule is NCc1c(Cn2cc(Br)cn2)oc2ccccc12. The molecule has 2 N–H and O–H groups in total. The zero-order chi connectivity index (χ0) is 12.5. The van der Waals surface area contributed by atoms with Gasteiger partial charge in [-0.3, -0.25) is 4.68 Å². The van der Waals surface area contributed by atoms with Crippen molar-refractivity contribution in [3.63, 3.8) is 0 Å². The Morgan fingerprint density at radius 1 is 1.33 bits per heavy atom. The molecule has 0 saturated heterocycles. The van der Waals surface area contributed by atoms with Crippen LogP contribution in [0.3, 0.4) is 0 Å². The van der Waals surface area contributed by atoms with Gasteiger partial charge < -0.3 is 10.2 Å². The van der Waals surface area contributed by atoms with Crippen molar-refractivity contribution in [3.05, 3.63) is 52.5 Å². The predicted molar refractivity (Wildman–Crippen MR) is 73.1 cm³/mol. The number of halogens is 1. The third kappa shape index (κ3) is 1.95. The fourth-order valence-corrected chi connectivity index (χ4v) is 2.40. The van der Waals surface area contributed by atoms with E-state index >= 15 is 0 Å². The highest BCUT2D eigenvalue weighted by Gasteiger charge is 2.13. The summed E-state index contributed by atoms with van der Waals surface area (Å²) in [4.78, 5) is 0. The van der Waals surface area contributed by atoms with E-state index in [4.69, 9.17) is 10.2 Å². The Bertz CT molecular complexity index is 686. The zero-order valence-electron chi connectivity index (χ0n) is 9.64. The van der Waals surface area contributed by atoms with Gasteiger partial charge in [0.05, 0.1) is 17.2 Å². The minimum absolute atomic E-state index is 0.467. The monoisotopic (exact) mass is 305 g/mol. The predicted octanol–water partition coefficient (Wildman–Crippen LogP) is 2.90. The first-order valence-electron chi connectivity index (χ1n) is 5.65. The summed E-state index contributed by atoms with van der Waals surface area (Å²) in [5, 5.41) is 5.31. The van der Waals surface area contributed by atoms with E-state index in [2.05, 4.69) is 21.0 Å². The van der Waals surface area contributed by atoms with Crippen molar-refractivity contribution in [2.75, 3.05) is 0 Å². The molecule has 0 aliphatic rings. The Balaban J connectivity index is 2.05. The number of hydrogen-bond donors (Lipinski definition) is 1. The molecular formula is C13H12BrN3O. The minimum Gasteiger partial charge on any atom is -0.459 e. The number of nitrogens with zero attached hydrogens (tertiary/aromatic N) is 2. The molecule has 0 amide bonds. The molecule has 4 nitrogen and oxygen atoms in total. The summed E-state index contributed by atoms with van der Waals surface area (Å²) in [6.07, 6.45) is 3.66. The summed E-state index contributed by atoms with van der Waals surface area (Å²) in [6.45, 7) is 1.06. The minimum atomic E-state index is 0.467. The fraction of sp³-hybridized carbons (Fsp3) is 0.154. The lowest BCUT2D eigenvalue weighted by Gasteiger charge is -2.00. The first-order valence-corrected chi connectivity index (χ1v) is 6.44. The Morgan fingerprint density at radius 3 is 2.89 bits per heavy atom. The molecule has 3 rings (SSSR count). The van der Waals surface area contributed by atoms with Gasteiger partial charge in [0.2, 0.25) is 0 Å². The number of rotatable bonds is 3. The quantitative estimate of drug-likeness (QED) is 0.809. The molecular weight excluding hydrogens is 294 g/mol. The van der Waals surface area contributed by atoms with Gasteiger partial charge in [-0.05, 0) is 22.0 Å². The highest BCUT2D eigenvalue weighted by Crippen LogP contribution is 2.26. The fourth-order valence-electron chi connectivity index (χ4n) is 2.07. The maximum absolute atomic E-state index is 5.85. The van der Waals surface area contributed by atoms with E-state index in [1.807, 2.05) is 35.1 Å². The molecule has 0 bridgehead atoms.